The quantitative estimate of drug-likeness (QED) is 0.628. The zero-order valence-corrected chi connectivity index (χ0v) is 15.6. The Morgan fingerprint density at radius 3 is 3.07 bits per heavy atom. The number of nitrogens with two attached hydrogens (primary N) is 1. The minimum Gasteiger partial charge on any atom is -0.495 e. The first kappa shape index (κ1) is 15.2. The standard InChI is InChI=1S/C21H23N3O4/c1-27-10-4-2-3-9-13(10)23-19-7-6-18-11(25)5-8-24-15-12(20(9,19)16(18)24)14(26)21(19,22)17(18)28-15/h2-4,11-12,15-17,23,25H,5-8,22H2,1H3/t11-,12-,15+,16-,17+,18+,19-,20-,21-/m0/s1. The highest BCUT2D eigenvalue weighted by molar-refractivity contribution is 6.05. The maximum Gasteiger partial charge on any atom is 0.165 e. The molecule has 3 spiro atoms. The Morgan fingerprint density at radius 1 is 1.39 bits per heavy atom. The van der Waals surface area contributed by atoms with Crippen LogP contribution in [0.15, 0.2) is 18.2 Å². The Balaban J connectivity index is 1.56. The van der Waals surface area contributed by atoms with E-state index in [2.05, 4.69) is 16.3 Å². The van der Waals surface area contributed by atoms with Gasteiger partial charge in [0.2, 0.25) is 0 Å². The SMILES string of the molecule is COc1cccc2c1N[C@]13CC[C@]45[C@H]6O[C@@H]7[C@H](C(=O)[C@]61N)[C@]23[C@H]4N7CC[C@@H]5O. The second-order valence-corrected chi connectivity index (χ2v) is 9.96. The number of rotatable bonds is 1. The molecule has 7 heteroatoms. The van der Waals surface area contributed by atoms with E-state index in [0.29, 0.717) is 0 Å². The molecule has 8 fully saturated rings. The average Bonchev–Trinajstić information content (AvgIpc) is 3.18. The summed E-state index contributed by atoms with van der Waals surface area (Å²) in [6, 6.07) is 6.20. The van der Waals surface area contributed by atoms with Crippen molar-refractivity contribution in [1.29, 1.82) is 0 Å². The highest BCUT2D eigenvalue weighted by Crippen LogP contribution is 2.84. The third-order valence-electron chi connectivity index (χ3n) is 9.90. The third kappa shape index (κ3) is 0.962. The molecule has 4 aliphatic carbocycles. The highest BCUT2D eigenvalue weighted by atomic mass is 16.5. The average molecular weight is 381 g/mol. The zero-order chi connectivity index (χ0) is 18.8. The lowest BCUT2D eigenvalue weighted by atomic mass is 9.38. The molecule has 9 aliphatic rings. The van der Waals surface area contributed by atoms with Gasteiger partial charge in [0.25, 0.3) is 0 Å². The molecule has 5 heterocycles. The number of nitrogens with one attached hydrogen (secondary N) is 1. The molecular formula is C21H23N3O4. The van der Waals surface area contributed by atoms with E-state index >= 15 is 0 Å². The summed E-state index contributed by atoms with van der Waals surface area (Å²) in [5, 5.41) is 15.1. The summed E-state index contributed by atoms with van der Waals surface area (Å²) in [5.74, 6) is 0.651. The van der Waals surface area contributed by atoms with Crippen molar-refractivity contribution in [1.82, 2.24) is 4.90 Å². The van der Waals surface area contributed by atoms with Gasteiger partial charge in [-0.25, -0.2) is 0 Å². The van der Waals surface area contributed by atoms with E-state index in [1.165, 1.54) is 0 Å². The molecule has 0 radical (unpaired) electrons. The zero-order valence-electron chi connectivity index (χ0n) is 15.6. The number of para-hydroxylation sites is 1. The van der Waals surface area contributed by atoms with Crippen LogP contribution in [0.3, 0.4) is 0 Å². The molecule has 1 unspecified atom stereocenters. The lowest BCUT2D eigenvalue weighted by Gasteiger charge is -2.74. The van der Waals surface area contributed by atoms with Gasteiger partial charge in [-0.1, -0.05) is 12.1 Å². The Morgan fingerprint density at radius 2 is 2.25 bits per heavy atom. The first-order valence-corrected chi connectivity index (χ1v) is 10.4. The minimum absolute atomic E-state index is 0.0789. The lowest BCUT2D eigenvalue weighted by molar-refractivity contribution is -0.318. The van der Waals surface area contributed by atoms with E-state index in [4.69, 9.17) is 15.2 Å². The first-order chi connectivity index (χ1) is 13.5. The molecule has 4 N–H and O–H groups in total. The number of Topliss-reactive ketones (excluding diaryl/α,β-unsaturated/α-hetero) is 1. The van der Waals surface area contributed by atoms with E-state index in [0.717, 1.165) is 42.8 Å². The maximum absolute atomic E-state index is 13.9. The van der Waals surface area contributed by atoms with Crippen LogP contribution < -0.4 is 15.8 Å². The molecule has 28 heavy (non-hydrogen) atoms. The van der Waals surface area contributed by atoms with Crippen molar-refractivity contribution in [2.45, 2.75) is 60.2 Å². The predicted molar refractivity (Wildman–Crippen MR) is 97.9 cm³/mol. The van der Waals surface area contributed by atoms with Crippen LogP contribution in [-0.4, -0.2) is 65.0 Å². The van der Waals surface area contributed by atoms with E-state index < -0.39 is 34.1 Å². The third-order valence-corrected chi connectivity index (χ3v) is 9.90. The Bertz CT molecular complexity index is 1020. The summed E-state index contributed by atoms with van der Waals surface area (Å²) in [4.78, 5) is 16.3. The monoisotopic (exact) mass is 381 g/mol. The molecule has 4 saturated carbocycles. The van der Waals surface area contributed by atoms with Crippen molar-refractivity contribution in [2.75, 3.05) is 19.0 Å². The molecule has 0 aromatic heterocycles. The van der Waals surface area contributed by atoms with Gasteiger partial charge in [0.15, 0.2) is 5.78 Å². The number of benzene rings is 1. The summed E-state index contributed by atoms with van der Waals surface area (Å²) in [7, 11) is 1.68. The maximum atomic E-state index is 13.9. The molecule has 146 valence electrons. The number of hydrogen-bond donors (Lipinski definition) is 3. The number of ether oxygens (including phenoxy) is 2. The second kappa shape index (κ2) is 3.86. The molecule has 9 bridgehead atoms. The van der Waals surface area contributed by atoms with Crippen LogP contribution in [0.4, 0.5) is 5.69 Å². The molecule has 0 amide bonds. The van der Waals surface area contributed by atoms with Crippen molar-refractivity contribution in [3.63, 3.8) is 0 Å². The molecule has 7 nitrogen and oxygen atoms in total. The number of carbonyl (C=O) groups is 1. The van der Waals surface area contributed by atoms with Gasteiger partial charge in [-0.15, -0.1) is 0 Å². The molecule has 4 saturated heterocycles. The number of aliphatic hydroxyl groups is 1. The number of ketones is 1. The number of methoxy groups -OCH3 is 1. The van der Waals surface area contributed by atoms with Crippen molar-refractivity contribution in [3.05, 3.63) is 23.8 Å². The number of aliphatic hydroxyl groups excluding tert-OH is 1. The van der Waals surface area contributed by atoms with E-state index in [1.807, 2.05) is 12.1 Å². The van der Waals surface area contributed by atoms with Gasteiger partial charge in [-0.05, 0) is 30.9 Å². The fourth-order valence-corrected chi connectivity index (χ4v) is 9.43. The Kier molecular flexibility index (Phi) is 2.10. The van der Waals surface area contributed by atoms with Crippen molar-refractivity contribution < 1.29 is 19.4 Å². The predicted octanol–water partition coefficient (Wildman–Crippen LogP) is -0.0388. The highest BCUT2D eigenvalue weighted by Gasteiger charge is 2.98. The van der Waals surface area contributed by atoms with E-state index in [1.54, 1.807) is 7.11 Å². The molecule has 10 rings (SSSR count). The van der Waals surface area contributed by atoms with Crippen LogP contribution in [-0.2, 0) is 14.9 Å². The van der Waals surface area contributed by atoms with Gasteiger partial charge in [-0.2, -0.15) is 0 Å². The van der Waals surface area contributed by atoms with Crippen LogP contribution in [0.25, 0.3) is 0 Å². The second-order valence-electron chi connectivity index (χ2n) is 9.96. The van der Waals surface area contributed by atoms with E-state index in [9.17, 15) is 9.90 Å². The fourth-order valence-electron chi connectivity index (χ4n) is 9.43. The molecule has 5 aliphatic heterocycles. The van der Waals surface area contributed by atoms with Crippen LogP contribution in [0.2, 0.25) is 0 Å². The van der Waals surface area contributed by atoms with Gasteiger partial charge >= 0.3 is 0 Å². The number of fused-ring (bicyclic) bond motifs is 2. The fraction of sp³-hybridized carbons (Fsp3) is 0.667. The topological polar surface area (TPSA) is 97.0 Å². The number of carbonyl (C=O) groups excluding carboxylic acids is 1. The largest absolute Gasteiger partial charge is 0.495 e. The van der Waals surface area contributed by atoms with Crippen LogP contribution >= 0.6 is 0 Å². The Hall–Kier alpha value is -1.67. The van der Waals surface area contributed by atoms with Gasteiger partial charge < -0.3 is 25.6 Å². The summed E-state index contributed by atoms with van der Waals surface area (Å²) in [6.07, 6.45) is 1.19. The smallest absolute Gasteiger partial charge is 0.165 e. The van der Waals surface area contributed by atoms with Gasteiger partial charge in [0, 0.05) is 18.0 Å². The number of nitrogens with zero attached hydrogens (tertiary/aromatic N) is 1. The lowest BCUT2D eigenvalue weighted by Crippen LogP contribution is -2.92. The van der Waals surface area contributed by atoms with E-state index in [-0.39, 0.29) is 24.0 Å². The molecular weight excluding hydrogens is 358 g/mol. The number of hydrogen-bond acceptors (Lipinski definition) is 7. The summed E-state index contributed by atoms with van der Waals surface area (Å²) < 4.78 is 12.3. The van der Waals surface area contributed by atoms with Crippen LogP contribution in [0.1, 0.15) is 24.8 Å². The van der Waals surface area contributed by atoms with Gasteiger partial charge in [0.1, 0.15) is 17.5 Å². The summed E-state index contributed by atoms with van der Waals surface area (Å²) in [6.45, 7) is 0.767. The number of piperidine rings is 1. The molecule has 1 aromatic carbocycles. The van der Waals surface area contributed by atoms with Gasteiger partial charge in [0.05, 0.1) is 41.9 Å². The van der Waals surface area contributed by atoms with Crippen molar-refractivity contribution in [2.24, 2.45) is 17.1 Å². The summed E-state index contributed by atoms with van der Waals surface area (Å²) in [5.41, 5.74) is 6.62. The summed E-state index contributed by atoms with van der Waals surface area (Å²) >= 11 is 0. The first-order valence-electron chi connectivity index (χ1n) is 10.4. The van der Waals surface area contributed by atoms with Gasteiger partial charge in [-0.3, -0.25) is 9.69 Å². The minimum atomic E-state index is -1.11. The normalized spacial score (nSPS) is 60.2. The Labute approximate surface area is 162 Å². The van der Waals surface area contributed by atoms with Crippen LogP contribution in [0.5, 0.6) is 5.75 Å². The van der Waals surface area contributed by atoms with Crippen LogP contribution in [0, 0.1) is 11.3 Å². The molecule has 10 atom stereocenters. The van der Waals surface area contributed by atoms with Crippen molar-refractivity contribution in [3.8, 4) is 5.75 Å². The number of anilines is 1. The van der Waals surface area contributed by atoms with Crippen molar-refractivity contribution >= 4 is 11.5 Å². The molecule has 1 aromatic rings.